The van der Waals surface area contributed by atoms with Crippen molar-refractivity contribution in [1.82, 2.24) is 9.78 Å². The van der Waals surface area contributed by atoms with E-state index in [1.807, 2.05) is 6.20 Å². The van der Waals surface area contributed by atoms with Crippen molar-refractivity contribution in [2.24, 2.45) is 11.1 Å². The normalized spacial score (nSPS) is 13.9. The van der Waals surface area contributed by atoms with Gasteiger partial charge in [-0.05, 0) is 25.2 Å². The molecule has 0 spiro atoms. The lowest BCUT2D eigenvalue weighted by Gasteiger charge is -2.21. The first-order valence-corrected chi connectivity index (χ1v) is 11.6. The van der Waals surface area contributed by atoms with Gasteiger partial charge in [-0.25, -0.2) is 4.68 Å². The number of carbonyl (C=O) groups is 1. The molecule has 1 heterocycles. The summed E-state index contributed by atoms with van der Waals surface area (Å²) in [6.07, 6.45) is 16.8. The molecule has 1 aromatic rings. The molecule has 0 aliphatic rings. The number of carbonyl (C=O) groups excluding carboxylic acids is 1. The zero-order chi connectivity index (χ0) is 22.5. The Balaban J connectivity index is 2.01. The Kier molecular flexibility index (Phi) is 12.3. The maximum atomic E-state index is 11.5. The van der Waals surface area contributed by atoms with Crippen molar-refractivity contribution in [3.8, 4) is 0 Å². The Bertz CT molecular complexity index is 591. The van der Waals surface area contributed by atoms with Crippen molar-refractivity contribution >= 4 is 5.97 Å². The minimum atomic E-state index is -0.794. The monoisotopic (exact) mass is 423 g/mol. The number of methoxy groups -OCH3 is 1. The number of hydrogen-bond acceptors (Lipinski definition) is 5. The zero-order valence-electron chi connectivity index (χ0n) is 20.0. The minimum absolute atomic E-state index is 0.118. The third-order valence-corrected chi connectivity index (χ3v) is 5.47. The lowest BCUT2D eigenvalue weighted by atomic mass is 9.89. The highest BCUT2D eigenvalue weighted by molar-refractivity contribution is 5.71. The van der Waals surface area contributed by atoms with Gasteiger partial charge in [-0.15, -0.1) is 0 Å². The number of ether oxygens (including phenoxy) is 2. The molecule has 1 aromatic heterocycles. The Morgan fingerprint density at radius 3 is 2.13 bits per heavy atom. The lowest BCUT2D eigenvalue weighted by molar-refractivity contribution is -0.141. The topological polar surface area (TPSA) is 79.4 Å². The first kappa shape index (κ1) is 26.6. The average Bonchev–Trinajstić information content (AvgIpc) is 3.14. The van der Waals surface area contributed by atoms with E-state index in [9.17, 15) is 4.79 Å². The molecule has 0 bridgehead atoms. The number of aromatic nitrogens is 2. The van der Waals surface area contributed by atoms with Gasteiger partial charge in [0.1, 0.15) is 6.73 Å². The van der Waals surface area contributed by atoms with Crippen LogP contribution < -0.4 is 5.73 Å². The Morgan fingerprint density at radius 1 is 1.00 bits per heavy atom. The van der Waals surface area contributed by atoms with E-state index in [0.29, 0.717) is 12.1 Å². The van der Waals surface area contributed by atoms with Gasteiger partial charge in [0.15, 0.2) is 0 Å². The van der Waals surface area contributed by atoms with Gasteiger partial charge in [0.25, 0.3) is 0 Å². The molecule has 0 aromatic carbocycles. The summed E-state index contributed by atoms with van der Waals surface area (Å²) in [6.45, 7) is 9.93. The van der Waals surface area contributed by atoms with E-state index in [4.69, 9.17) is 15.2 Å². The van der Waals surface area contributed by atoms with E-state index in [2.05, 4.69) is 25.9 Å². The molecule has 0 amide bonds. The van der Waals surface area contributed by atoms with Crippen LogP contribution in [0.25, 0.3) is 0 Å². The molecule has 1 atom stereocenters. The van der Waals surface area contributed by atoms with Crippen molar-refractivity contribution in [3.63, 3.8) is 0 Å². The van der Waals surface area contributed by atoms with Crippen LogP contribution in [0.15, 0.2) is 12.4 Å². The van der Waals surface area contributed by atoms with Crippen molar-refractivity contribution < 1.29 is 14.3 Å². The second-order valence-corrected chi connectivity index (χ2v) is 9.97. The summed E-state index contributed by atoms with van der Waals surface area (Å²) in [7, 11) is 1.37. The molecule has 0 aliphatic carbocycles. The summed E-state index contributed by atoms with van der Waals surface area (Å²) in [4.78, 5) is 11.5. The van der Waals surface area contributed by atoms with Crippen LogP contribution in [0.2, 0.25) is 0 Å². The van der Waals surface area contributed by atoms with E-state index >= 15 is 0 Å². The van der Waals surface area contributed by atoms with Crippen molar-refractivity contribution in [3.05, 3.63) is 18.0 Å². The Morgan fingerprint density at radius 2 is 1.57 bits per heavy atom. The number of rotatable bonds is 16. The number of esters is 1. The standard InChI is InChI=1S/C24H45N3O3/c1-23(2,3)15-13-11-9-7-6-8-10-12-14-16-30-20-27-19-21(18-26-27)24(4,25)17-22(28)29-5/h18-19H,6-17,20,25H2,1-5H3/t24-/m0/s1. The SMILES string of the molecule is COC(=O)C[C@](C)(N)c1cnn(COCCCCCCCCCCCC(C)(C)C)c1. The summed E-state index contributed by atoms with van der Waals surface area (Å²) in [5, 5.41) is 4.28. The smallest absolute Gasteiger partial charge is 0.307 e. The Hall–Kier alpha value is -1.40. The van der Waals surface area contributed by atoms with Crippen LogP contribution in [-0.2, 0) is 26.5 Å². The number of unbranched alkanes of at least 4 members (excludes halogenated alkanes) is 8. The zero-order valence-corrected chi connectivity index (χ0v) is 20.0. The lowest BCUT2D eigenvalue weighted by Crippen LogP contribution is -2.35. The molecule has 30 heavy (non-hydrogen) atoms. The molecular formula is C24H45N3O3. The van der Waals surface area contributed by atoms with Gasteiger partial charge in [-0.3, -0.25) is 4.79 Å². The highest BCUT2D eigenvalue weighted by Crippen LogP contribution is 2.23. The van der Waals surface area contributed by atoms with Crippen LogP contribution >= 0.6 is 0 Å². The first-order chi connectivity index (χ1) is 14.1. The molecule has 1 rings (SSSR count). The van der Waals surface area contributed by atoms with E-state index < -0.39 is 5.54 Å². The van der Waals surface area contributed by atoms with Gasteiger partial charge in [-0.2, -0.15) is 5.10 Å². The van der Waals surface area contributed by atoms with Gasteiger partial charge >= 0.3 is 5.97 Å². The fourth-order valence-corrected chi connectivity index (χ4v) is 3.46. The Labute approximate surface area is 183 Å². The summed E-state index contributed by atoms with van der Waals surface area (Å²) in [5.74, 6) is -0.329. The van der Waals surface area contributed by atoms with Crippen molar-refractivity contribution in [2.45, 2.75) is 111 Å². The minimum Gasteiger partial charge on any atom is -0.469 e. The van der Waals surface area contributed by atoms with Gasteiger partial charge in [-0.1, -0.05) is 72.1 Å². The summed E-state index contributed by atoms with van der Waals surface area (Å²) in [5.41, 5.74) is 6.71. The third kappa shape index (κ3) is 12.3. The van der Waals surface area contributed by atoms with E-state index in [1.165, 1.54) is 64.9 Å². The highest BCUT2D eigenvalue weighted by Gasteiger charge is 2.27. The van der Waals surface area contributed by atoms with E-state index in [-0.39, 0.29) is 12.4 Å². The number of hydrogen-bond donors (Lipinski definition) is 1. The second-order valence-electron chi connectivity index (χ2n) is 9.97. The van der Waals surface area contributed by atoms with Crippen LogP contribution in [0.3, 0.4) is 0 Å². The summed E-state index contributed by atoms with van der Waals surface area (Å²) >= 11 is 0. The molecule has 0 saturated heterocycles. The molecule has 0 fully saturated rings. The fraction of sp³-hybridized carbons (Fsp3) is 0.833. The summed E-state index contributed by atoms with van der Waals surface area (Å²) in [6, 6.07) is 0. The molecule has 0 unspecified atom stereocenters. The molecule has 0 saturated carbocycles. The van der Waals surface area contributed by atoms with E-state index in [0.717, 1.165) is 18.6 Å². The predicted octanol–water partition coefficient (Wildman–Crippen LogP) is 5.54. The third-order valence-electron chi connectivity index (χ3n) is 5.47. The van der Waals surface area contributed by atoms with E-state index in [1.54, 1.807) is 17.8 Å². The first-order valence-electron chi connectivity index (χ1n) is 11.6. The number of nitrogens with zero attached hydrogens (tertiary/aromatic N) is 2. The second kappa shape index (κ2) is 13.8. The predicted molar refractivity (Wildman–Crippen MR) is 122 cm³/mol. The maximum absolute atomic E-state index is 11.5. The van der Waals surface area contributed by atoms with Crippen LogP contribution in [-0.4, -0.2) is 29.5 Å². The quantitative estimate of drug-likeness (QED) is 0.279. The fourth-order valence-electron chi connectivity index (χ4n) is 3.46. The van der Waals surface area contributed by atoms with Gasteiger partial charge in [0.2, 0.25) is 0 Å². The molecule has 6 heteroatoms. The number of nitrogens with two attached hydrogens (primary N) is 1. The van der Waals surface area contributed by atoms with Crippen LogP contribution in [0.1, 0.15) is 104 Å². The summed E-state index contributed by atoms with van der Waals surface area (Å²) < 4.78 is 12.1. The maximum Gasteiger partial charge on any atom is 0.307 e. The largest absolute Gasteiger partial charge is 0.469 e. The molecule has 0 radical (unpaired) electrons. The van der Waals surface area contributed by atoms with Gasteiger partial charge in [0, 0.05) is 18.4 Å². The average molecular weight is 424 g/mol. The molecule has 0 aliphatic heterocycles. The van der Waals surface area contributed by atoms with Gasteiger partial charge < -0.3 is 15.2 Å². The van der Waals surface area contributed by atoms with Crippen LogP contribution in [0, 0.1) is 5.41 Å². The molecule has 174 valence electrons. The van der Waals surface area contributed by atoms with Crippen LogP contribution in [0.5, 0.6) is 0 Å². The van der Waals surface area contributed by atoms with Crippen molar-refractivity contribution in [1.29, 1.82) is 0 Å². The highest BCUT2D eigenvalue weighted by atomic mass is 16.5. The molecule has 6 nitrogen and oxygen atoms in total. The van der Waals surface area contributed by atoms with Crippen molar-refractivity contribution in [2.75, 3.05) is 13.7 Å². The van der Waals surface area contributed by atoms with Gasteiger partial charge in [0.05, 0.1) is 25.3 Å². The molecule has 2 N–H and O–H groups in total. The molecular weight excluding hydrogens is 378 g/mol. The van der Waals surface area contributed by atoms with Crippen LogP contribution in [0.4, 0.5) is 0 Å².